The van der Waals surface area contributed by atoms with Gasteiger partial charge in [0.1, 0.15) is 18.0 Å². The summed E-state index contributed by atoms with van der Waals surface area (Å²) >= 11 is 17.0. The van der Waals surface area contributed by atoms with E-state index in [2.05, 4.69) is 24.7 Å². The number of anilines is 1. The van der Waals surface area contributed by atoms with Gasteiger partial charge < -0.3 is 14.4 Å². The van der Waals surface area contributed by atoms with E-state index in [1.165, 1.54) is 31.6 Å². The highest BCUT2D eigenvalue weighted by Crippen LogP contribution is 2.27. The van der Waals surface area contributed by atoms with Gasteiger partial charge in [-0.15, -0.1) is 0 Å². The zero-order chi connectivity index (χ0) is 26.2. The number of nitrogens with zero attached hydrogens (tertiary/aromatic N) is 6. The van der Waals surface area contributed by atoms with Gasteiger partial charge in [0.2, 0.25) is 0 Å². The van der Waals surface area contributed by atoms with Gasteiger partial charge >= 0.3 is 5.97 Å². The van der Waals surface area contributed by atoms with Crippen LogP contribution in [-0.4, -0.2) is 52.2 Å². The SMILES string of the molecule is COC(=O)c1cnc(Cl)c(Cl)n1.N#Cc1cnc(N2CCC(Oc3ccc(F)cc3F)CC2)c(Cl)n1. The summed E-state index contributed by atoms with van der Waals surface area (Å²) in [4.78, 5) is 28.2. The lowest BCUT2D eigenvalue weighted by molar-refractivity contribution is 0.0593. The molecular weight excluding hydrogens is 541 g/mol. The molecule has 0 saturated carbocycles. The standard InChI is InChI=1S/C16H13ClF2N4O.C6H4Cl2N2O2/c17-15-16(21-9-11(8-20)22-15)23-5-3-12(4-6-23)24-14-2-1-10(18)7-13(14)19;1-12-6(11)3-2-9-4(7)5(8)10-3/h1-2,7,9,12H,3-6H2;2H,1H3. The molecule has 0 bridgehead atoms. The largest absolute Gasteiger partial charge is 0.487 e. The molecule has 36 heavy (non-hydrogen) atoms. The van der Waals surface area contributed by atoms with Crippen molar-refractivity contribution in [1.29, 1.82) is 5.26 Å². The van der Waals surface area contributed by atoms with Crippen LogP contribution in [0.4, 0.5) is 14.6 Å². The van der Waals surface area contributed by atoms with Crippen LogP contribution in [0, 0.1) is 23.0 Å². The van der Waals surface area contributed by atoms with Gasteiger partial charge in [0.25, 0.3) is 0 Å². The van der Waals surface area contributed by atoms with Gasteiger partial charge in [-0.05, 0) is 12.1 Å². The second-order valence-electron chi connectivity index (χ2n) is 7.19. The summed E-state index contributed by atoms with van der Waals surface area (Å²) < 4.78 is 36.5. The molecule has 0 radical (unpaired) electrons. The van der Waals surface area contributed by atoms with Crippen LogP contribution in [0.1, 0.15) is 29.0 Å². The van der Waals surface area contributed by atoms with Crippen molar-refractivity contribution in [1.82, 2.24) is 19.9 Å². The molecule has 0 aliphatic carbocycles. The van der Waals surface area contributed by atoms with Crippen LogP contribution in [0.3, 0.4) is 0 Å². The Morgan fingerprint density at radius 1 is 1.08 bits per heavy atom. The smallest absolute Gasteiger partial charge is 0.358 e. The van der Waals surface area contributed by atoms with E-state index in [-0.39, 0.29) is 38.7 Å². The number of esters is 1. The number of hydrogen-bond donors (Lipinski definition) is 0. The molecule has 1 aliphatic rings. The first-order chi connectivity index (χ1) is 17.2. The summed E-state index contributed by atoms with van der Waals surface area (Å²) in [7, 11) is 1.24. The van der Waals surface area contributed by atoms with Crippen molar-refractivity contribution in [2.24, 2.45) is 0 Å². The highest BCUT2D eigenvalue weighted by molar-refractivity contribution is 6.40. The fourth-order valence-electron chi connectivity index (χ4n) is 3.12. The van der Waals surface area contributed by atoms with Crippen molar-refractivity contribution < 1.29 is 23.0 Å². The normalized spacial score (nSPS) is 13.3. The second-order valence-corrected chi connectivity index (χ2v) is 8.26. The summed E-state index contributed by atoms with van der Waals surface area (Å²) in [5.74, 6) is -1.38. The molecule has 1 fully saturated rings. The first-order valence-corrected chi connectivity index (χ1v) is 11.4. The third-order valence-electron chi connectivity index (χ3n) is 4.84. The van der Waals surface area contributed by atoms with Gasteiger partial charge in [0.05, 0.1) is 19.5 Å². The topological polar surface area (TPSA) is 114 Å². The molecule has 0 unspecified atom stereocenters. The van der Waals surface area contributed by atoms with Gasteiger partial charge in [0, 0.05) is 32.0 Å². The van der Waals surface area contributed by atoms with Crippen LogP contribution >= 0.6 is 34.8 Å². The number of carbonyl (C=O) groups excluding carboxylic acids is 1. The van der Waals surface area contributed by atoms with Gasteiger partial charge in [0.15, 0.2) is 44.2 Å². The number of ether oxygens (including phenoxy) is 2. The van der Waals surface area contributed by atoms with Gasteiger partial charge in [-0.3, -0.25) is 0 Å². The number of benzene rings is 1. The van der Waals surface area contributed by atoms with E-state index in [0.29, 0.717) is 31.7 Å². The monoisotopic (exact) mass is 556 g/mol. The summed E-state index contributed by atoms with van der Waals surface area (Å²) in [5, 5.41) is 9.01. The van der Waals surface area contributed by atoms with E-state index >= 15 is 0 Å². The number of halogens is 5. The van der Waals surface area contributed by atoms with Crippen LogP contribution in [0.25, 0.3) is 0 Å². The van der Waals surface area contributed by atoms with Crippen molar-refractivity contribution in [3.8, 4) is 11.8 Å². The molecule has 2 aromatic heterocycles. The molecule has 0 N–H and O–H groups in total. The molecule has 3 heterocycles. The molecule has 14 heteroatoms. The van der Waals surface area contributed by atoms with E-state index < -0.39 is 17.6 Å². The molecule has 3 aromatic rings. The maximum absolute atomic E-state index is 13.6. The number of aromatic nitrogens is 4. The number of piperidine rings is 1. The molecular formula is C22H17Cl3F2N6O3. The van der Waals surface area contributed by atoms with E-state index in [1.54, 1.807) is 0 Å². The Hall–Kier alpha value is -3.33. The summed E-state index contributed by atoms with van der Waals surface area (Å²) in [6.45, 7) is 1.21. The zero-order valence-corrected chi connectivity index (χ0v) is 20.9. The quantitative estimate of drug-likeness (QED) is 0.413. The Morgan fingerprint density at radius 3 is 2.39 bits per heavy atom. The maximum Gasteiger partial charge on any atom is 0.358 e. The van der Waals surface area contributed by atoms with Crippen LogP contribution in [0.2, 0.25) is 15.5 Å². The number of rotatable bonds is 4. The van der Waals surface area contributed by atoms with Crippen LogP contribution in [0.5, 0.6) is 5.75 Å². The molecule has 1 aliphatic heterocycles. The lowest BCUT2D eigenvalue weighted by Crippen LogP contribution is -2.39. The highest BCUT2D eigenvalue weighted by atomic mass is 35.5. The maximum atomic E-state index is 13.6. The Labute approximate surface area is 219 Å². The average molecular weight is 558 g/mol. The predicted molar refractivity (Wildman–Crippen MR) is 127 cm³/mol. The number of methoxy groups -OCH3 is 1. The molecule has 0 atom stereocenters. The van der Waals surface area contributed by atoms with Crippen molar-refractivity contribution >= 4 is 46.6 Å². The first-order valence-electron chi connectivity index (χ1n) is 10.3. The molecule has 9 nitrogen and oxygen atoms in total. The Bertz CT molecular complexity index is 1290. The fourth-order valence-corrected chi connectivity index (χ4v) is 3.61. The number of carbonyl (C=O) groups is 1. The Balaban J connectivity index is 0.000000253. The van der Waals surface area contributed by atoms with Crippen LogP contribution in [-0.2, 0) is 4.74 Å². The van der Waals surface area contributed by atoms with E-state index in [4.69, 9.17) is 44.8 Å². The minimum atomic E-state index is -0.710. The molecule has 1 aromatic carbocycles. The first kappa shape index (κ1) is 27.3. The predicted octanol–water partition coefficient (Wildman–Crippen LogP) is 4.90. The lowest BCUT2D eigenvalue weighted by Gasteiger charge is -2.33. The molecule has 0 spiro atoms. The van der Waals surface area contributed by atoms with Gasteiger partial charge in [-0.1, -0.05) is 34.8 Å². The fraction of sp³-hybridized carbons (Fsp3) is 0.273. The lowest BCUT2D eigenvalue weighted by atomic mass is 10.1. The van der Waals surface area contributed by atoms with E-state index in [1.807, 2.05) is 11.0 Å². The van der Waals surface area contributed by atoms with E-state index in [0.717, 1.165) is 6.07 Å². The van der Waals surface area contributed by atoms with E-state index in [9.17, 15) is 13.6 Å². The molecule has 188 valence electrons. The Morgan fingerprint density at radius 2 is 1.81 bits per heavy atom. The summed E-state index contributed by atoms with van der Waals surface area (Å²) in [6.07, 6.45) is 3.66. The third-order valence-corrected chi connectivity index (χ3v) is 5.73. The summed E-state index contributed by atoms with van der Waals surface area (Å²) in [6, 6.07) is 5.14. The number of hydrogen-bond acceptors (Lipinski definition) is 9. The summed E-state index contributed by atoms with van der Waals surface area (Å²) in [5.41, 5.74) is 0.195. The Kier molecular flexibility index (Phi) is 9.52. The van der Waals surface area contributed by atoms with Gasteiger partial charge in [-0.25, -0.2) is 33.5 Å². The molecule has 1 saturated heterocycles. The van der Waals surface area contributed by atoms with Crippen LogP contribution in [0.15, 0.2) is 30.6 Å². The highest BCUT2D eigenvalue weighted by Gasteiger charge is 2.24. The minimum absolute atomic E-state index is 0.0143. The van der Waals surface area contributed by atoms with Crippen molar-refractivity contribution in [3.63, 3.8) is 0 Å². The van der Waals surface area contributed by atoms with Crippen molar-refractivity contribution in [2.75, 3.05) is 25.1 Å². The van der Waals surface area contributed by atoms with Crippen molar-refractivity contribution in [2.45, 2.75) is 18.9 Å². The van der Waals surface area contributed by atoms with Crippen molar-refractivity contribution in [3.05, 3.63) is 69.1 Å². The minimum Gasteiger partial charge on any atom is -0.487 e. The van der Waals surface area contributed by atoms with Gasteiger partial charge in [-0.2, -0.15) is 5.26 Å². The molecule has 0 amide bonds. The van der Waals surface area contributed by atoms with Crippen LogP contribution < -0.4 is 9.64 Å². The second kappa shape index (κ2) is 12.6. The average Bonchev–Trinajstić information content (AvgIpc) is 2.87. The zero-order valence-electron chi connectivity index (χ0n) is 18.6. The third kappa shape index (κ3) is 7.10. The number of nitriles is 1. The molecule has 4 rings (SSSR count).